The monoisotopic (exact) mass is 545 g/mol. The van der Waals surface area contributed by atoms with Gasteiger partial charge >= 0.3 is 5.97 Å². The summed E-state index contributed by atoms with van der Waals surface area (Å²) in [5.74, 6) is 1.40. The number of thiophene rings is 1. The van der Waals surface area contributed by atoms with Crippen LogP contribution < -0.4 is 15.4 Å². The largest absolute Gasteiger partial charge is 0.491 e. The number of unbranched alkanes of at least 4 members (excludes halogenated alkanes) is 1. The first-order valence-corrected chi connectivity index (χ1v) is 10.9. The normalized spacial score (nSPS) is 11.0. The minimum atomic E-state index is -0.176. The van der Waals surface area contributed by atoms with Gasteiger partial charge in [0, 0.05) is 30.1 Å². The van der Waals surface area contributed by atoms with Crippen molar-refractivity contribution in [2.75, 3.05) is 25.5 Å². The van der Waals surface area contributed by atoms with E-state index in [1.165, 1.54) is 12.0 Å². The Morgan fingerprint density at radius 3 is 2.57 bits per heavy atom. The maximum Gasteiger partial charge on any atom is 0.305 e. The first kappa shape index (κ1) is 26.2. The lowest BCUT2D eigenvalue weighted by molar-refractivity contribution is -0.140. The molecule has 0 amide bonds. The van der Waals surface area contributed by atoms with Crippen LogP contribution in [-0.4, -0.2) is 38.2 Å². The Hall–Kier alpha value is -1.81. The summed E-state index contributed by atoms with van der Waals surface area (Å²) < 4.78 is 10.4. The molecule has 0 aliphatic carbocycles. The summed E-state index contributed by atoms with van der Waals surface area (Å²) in [7, 11) is 1.41. The van der Waals surface area contributed by atoms with Crippen LogP contribution in [0.4, 0.5) is 5.69 Å². The van der Waals surface area contributed by atoms with Crippen molar-refractivity contribution in [3.63, 3.8) is 0 Å². The number of methoxy groups -OCH3 is 1. The molecule has 0 unspecified atom stereocenters. The van der Waals surface area contributed by atoms with Gasteiger partial charge < -0.3 is 20.1 Å². The molecule has 2 aromatic rings. The molecule has 2 N–H and O–H groups in total. The third-order valence-electron chi connectivity index (χ3n) is 4.02. The number of benzene rings is 1. The summed E-state index contributed by atoms with van der Waals surface area (Å²) in [6.45, 7) is 5.45. The fourth-order valence-corrected chi connectivity index (χ4v) is 3.31. The second-order valence-corrected chi connectivity index (χ2v) is 7.87. The maximum absolute atomic E-state index is 11.2. The molecule has 0 atom stereocenters. The number of nitrogens with one attached hydrogen (secondary N) is 2. The molecule has 0 aliphatic heterocycles. The number of halogens is 1. The number of carbonyl (C=O) groups excluding carboxylic acids is 1. The first-order valence-electron chi connectivity index (χ1n) is 9.98. The molecule has 1 aromatic heterocycles. The summed E-state index contributed by atoms with van der Waals surface area (Å²) in [6, 6.07) is 12.0. The van der Waals surface area contributed by atoms with Gasteiger partial charge in [-0.2, -0.15) is 0 Å². The maximum atomic E-state index is 11.2. The van der Waals surface area contributed by atoms with Crippen LogP contribution in [0.1, 0.15) is 38.0 Å². The molecular weight excluding hydrogens is 513 g/mol. The molecule has 30 heavy (non-hydrogen) atoms. The minimum Gasteiger partial charge on any atom is -0.491 e. The van der Waals surface area contributed by atoms with E-state index in [0.717, 1.165) is 43.2 Å². The number of aliphatic imine (C=N–C) groups is 1. The summed E-state index contributed by atoms with van der Waals surface area (Å²) in [6.07, 6.45) is 3.11. The molecule has 1 aromatic carbocycles. The van der Waals surface area contributed by atoms with Crippen molar-refractivity contribution in [3.05, 3.63) is 46.7 Å². The fraction of sp³-hybridized carbons (Fsp3) is 0.455. The minimum absolute atomic E-state index is 0. The molecule has 0 fully saturated rings. The van der Waals surface area contributed by atoms with Gasteiger partial charge in [-0.05, 0) is 68.8 Å². The highest BCUT2D eigenvalue weighted by Crippen LogP contribution is 2.17. The lowest BCUT2D eigenvalue weighted by Gasteiger charge is -2.14. The van der Waals surface area contributed by atoms with Crippen molar-refractivity contribution in [2.45, 2.75) is 45.6 Å². The van der Waals surface area contributed by atoms with Crippen molar-refractivity contribution >= 4 is 52.9 Å². The number of hydrogen-bond acceptors (Lipinski definition) is 5. The molecular formula is C22H32IN3O3S. The third kappa shape index (κ3) is 10.8. The highest BCUT2D eigenvalue weighted by molar-refractivity contribution is 14.0. The third-order valence-corrected chi connectivity index (χ3v) is 4.96. The fourth-order valence-electron chi connectivity index (χ4n) is 2.60. The average molecular weight is 545 g/mol. The van der Waals surface area contributed by atoms with Gasteiger partial charge in [0.05, 0.1) is 13.2 Å². The average Bonchev–Trinajstić information content (AvgIpc) is 3.21. The molecule has 166 valence electrons. The van der Waals surface area contributed by atoms with Crippen LogP contribution in [-0.2, 0) is 16.0 Å². The van der Waals surface area contributed by atoms with Crippen molar-refractivity contribution in [1.29, 1.82) is 0 Å². The van der Waals surface area contributed by atoms with Gasteiger partial charge in [-0.15, -0.1) is 35.3 Å². The first-order chi connectivity index (χ1) is 14.1. The van der Waals surface area contributed by atoms with E-state index in [9.17, 15) is 4.79 Å². The number of rotatable bonds is 11. The van der Waals surface area contributed by atoms with E-state index in [4.69, 9.17) is 4.74 Å². The quantitative estimate of drug-likeness (QED) is 0.135. The number of hydrogen-bond donors (Lipinski definition) is 2. The topological polar surface area (TPSA) is 72.0 Å². The van der Waals surface area contributed by atoms with Crippen LogP contribution in [0.3, 0.4) is 0 Å². The van der Waals surface area contributed by atoms with Crippen LogP contribution >= 0.6 is 35.3 Å². The van der Waals surface area contributed by atoms with E-state index in [1.807, 2.05) is 38.1 Å². The predicted octanol–water partition coefficient (Wildman–Crippen LogP) is 5.10. The van der Waals surface area contributed by atoms with Crippen molar-refractivity contribution in [2.24, 2.45) is 4.99 Å². The molecule has 0 radical (unpaired) electrons. The van der Waals surface area contributed by atoms with Crippen molar-refractivity contribution < 1.29 is 14.3 Å². The van der Waals surface area contributed by atoms with E-state index in [0.29, 0.717) is 13.0 Å². The molecule has 0 saturated heterocycles. The van der Waals surface area contributed by atoms with Crippen LogP contribution in [0.5, 0.6) is 5.75 Å². The zero-order valence-electron chi connectivity index (χ0n) is 17.8. The standard InChI is InChI=1S/C22H31N3O3S.HI/c1-17(2)28-19-11-9-18(10-12-19)25-22(23-14-5-4-8-21(26)27-3)24-15-13-20-7-6-16-29-20;/h6-7,9-12,16-17H,4-5,8,13-15H2,1-3H3,(H2,23,24,25);1H. The van der Waals surface area contributed by atoms with Crippen LogP contribution in [0.15, 0.2) is 46.8 Å². The Morgan fingerprint density at radius 2 is 1.93 bits per heavy atom. The van der Waals surface area contributed by atoms with E-state index in [2.05, 4.69) is 37.9 Å². The number of anilines is 1. The van der Waals surface area contributed by atoms with Gasteiger partial charge in [0.1, 0.15) is 5.75 Å². The van der Waals surface area contributed by atoms with Crippen molar-refractivity contribution in [1.82, 2.24) is 5.32 Å². The van der Waals surface area contributed by atoms with Crippen LogP contribution in [0.2, 0.25) is 0 Å². The van der Waals surface area contributed by atoms with E-state index in [1.54, 1.807) is 11.3 Å². The molecule has 6 nitrogen and oxygen atoms in total. The molecule has 0 saturated carbocycles. The number of carbonyl (C=O) groups is 1. The number of guanidine groups is 1. The summed E-state index contributed by atoms with van der Waals surface area (Å²) >= 11 is 1.76. The molecule has 0 spiro atoms. The van der Waals surface area contributed by atoms with Crippen molar-refractivity contribution in [3.8, 4) is 5.75 Å². The predicted molar refractivity (Wildman–Crippen MR) is 135 cm³/mol. The van der Waals surface area contributed by atoms with E-state index < -0.39 is 0 Å². The highest BCUT2D eigenvalue weighted by Gasteiger charge is 2.04. The summed E-state index contributed by atoms with van der Waals surface area (Å²) in [4.78, 5) is 17.2. The summed E-state index contributed by atoms with van der Waals surface area (Å²) in [5.41, 5.74) is 0.943. The second kappa shape index (κ2) is 15.1. The Bertz CT molecular complexity index is 749. The molecule has 2 rings (SSSR count). The van der Waals surface area contributed by atoms with Gasteiger partial charge in [-0.1, -0.05) is 6.07 Å². The SMILES string of the molecule is COC(=O)CCCCN=C(NCCc1cccs1)Nc1ccc(OC(C)C)cc1.I. The smallest absolute Gasteiger partial charge is 0.305 e. The van der Waals surface area contributed by atoms with Gasteiger partial charge in [0.25, 0.3) is 0 Å². The highest BCUT2D eigenvalue weighted by atomic mass is 127. The zero-order chi connectivity index (χ0) is 20.9. The number of nitrogens with zero attached hydrogens (tertiary/aromatic N) is 1. The lowest BCUT2D eigenvalue weighted by atomic mass is 10.2. The Morgan fingerprint density at radius 1 is 1.17 bits per heavy atom. The molecule has 8 heteroatoms. The van der Waals surface area contributed by atoms with Gasteiger partial charge in [-0.25, -0.2) is 0 Å². The molecule has 0 aliphatic rings. The Balaban J connectivity index is 0.00000450. The van der Waals surface area contributed by atoms with Gasteiger partial charge in [0.15, 0.2) is 5.96 Å². The van der Waals surface area contributed by atoms with E-state index >= 15 is 0 Å². The number of esters is 1. The number of ether oxygens (including phenoxy) is 2. The molecule has 1 heterocycles. The Kier molecular flexibility index (Phi) is 13.2. The lowest BCUT2D eigenvalue weighted by Crippen LogP contribution is -2.32. The molecule has 0 bridgehead atoms. The Labute approximate surface area is 200 Å². The van der Waals surface area contributed by atoms with E-state index in [-0.39, 0.29) is 36.0 Å². The van der Waals surface area contributed by atoms with Crippen LogP contribution in [0, 0.1) is 0 Å². The van der Waals surface area contributed by atoms with Gasteiger partial charge in [0.2, 0.25) is 0 Å². The van der Waals surface area contributed by atoms with Crippen LogP contribution in [0.25, 0.3) is 0 Å². The van der Waals surface area contributed by atoms with Gasteiger partial charge in [-0.3, -0.25) is 9.79 Å². The second-order valence-electron chi connectivity index (χ2n) is 6.84. The summed E-state index contributed by atoms with van der Waals surface area (Å²) in [5, 5.41) is 8.82. The zero-order valence-corrected chi connectivity index (χ0v) is 21.0.